The lowest BCUT2D eigenvalue weighted by atomic mass is 10.1. The first-order chi connectivity index (χ1) is 7.16. The molecule has 1 aliphatic rings. The lowest BCUT2D eigenvalue weighted by Crippen LogP contribution is -2.31. The zero-order chi connectivity index (χ0) is 10.8. The number of nitrogens with one attached hydrogen (secondary N) is 1. The van der Waals surface area contributed by atoms with Gasteiger partial charge in [0, 0.05) is 10.5 Å². The fourth-order valence-corrected chi connectivity index (χ4v) is 2.34. The van der Waals surface area contributed by atoms with Crippen LogP contribution in [0.4, 0.5) is 0 Å². The molecule has 0 aromatic heterocycles. The Morgan fingerprint density at radius 3 is 2.87 bits per heavy atom. The van der Waals surface area contributed by atoms with E-state index in [4.69, 9.17) is 5.11 Å². The van der Waals surface area contributed by atoms with Crippen molar-refractivity contribution in [2.24, 2.45) is 0 Å². The molecule has 1 saturated heterocycles. The average Bonchev–Trinajstić information content (AvgIpc) is 2.66. The second kappa shape index (κ2) is 4.33. The molecule has 0 saturated carbocycles. The van der Waals surface area contributed by atoms with Crippen LogP contribution >= 0.6 is 15.9 Å². The lowest BCUT2D eigenvalue weighted by Gasteiger charge is -2.12. The molecule has 2 rings (SSSR count). The van der Waals surface area contributed by atoms with E-state index >= 15 is 0 Å². The van der Waals surface area contributed by atoms with Crippen molar-refractivity contribution < 1.29 is 9.90 Å². The molecule has 1 aliphatic heterocycles. The number of rotatable bonds is 2. The van der Waals surface area contributed by atoms with Crippen LogP contribution in [0, 0.1) is 0 Å². The molecule has 0 aliphatic carbocycles. The summed E-state index contributed by atoms with van der Waals surface area (Å²) in [5, 5.41) is 12.0. The van der Waals surface area contributed by atoms with Crippen LogP contribution in [0.25, 0.3) is 0 Å². The largest absolute Gasteiger partial charge is 0.480 e. The second-order valence-corrected chi connectivity index (χ2v) is 4.66. The van der Waals surface area contributed by atoms with E-state index in [-0.39, 0.29) is 6.04 Å². The third-order valence-electron chi connectivity index (χ3n) is 2.70. The van der Waals surface area contributed by atoms with Crippen LogP contribution < -0.4 is 5.32 Å². The van der Waals surface area contributed by atoms with E-state index < -0.39 is 12.0 Å². The number of hydrogen-bond acceptors (Lipinski definition) is 2. The summed E-state index contributed by atoms with van der Waals surface area (Å²) in [6.45, 7) is 0. The smallest absolute Gasteiger partial charge is 0.320 e. The summed E-state index contributed by atoms with van der Waals surface area (Å²) in [6, 6.07) is 7.76. The van der Waals surface area contributed by atoms with E-state index in [0.717, 1.165) is 16.5 Å². The van der Waals surface area contributed by atoms with E-state index in [9.17, 15) is 4.79 Å². The first-order valence-electron chi connectivity index (χ1n) is 4.91. The van der Waals surface area contributed by atoms with Gasteiger partial charge in [0.25, 0.3) is 0 Å². The third kappa shape index (κ3) is 2.38. The van der Waals surface area contributed by atoms with Gasteiger partial charge in [0.2, 0.25) is 0 Å². The molecular weight excluding hydrogens is 258 g/mol. The van der Waals surface area contributed by atoms with Gasteiger partial charge in [-0.2, -0.15) is 0 Å². The average molecular weight is 270 g/mol. The van der Waals surface area contributed by atoms with Crippen LogP contribution in [0.2, 0.25) is 0 Å². The molecule has 2 unspecified atom stereocenters. The Kier molecular flexibility index (Phi) is 3.07. The highest BCUT2D eigenvalue weighted by Gasteiger charge is 2.29. The summed E-state index contributed by atoms with van der Waals surface area (Å²) in [4.78, 5) is 10.8. The van der Waals surface area contributed by atoms with Gasteiger partial charge in [-0.3, -0.25) is 10.1 Å². The molecule has 80 valence electrons. The van der Waals surface area contributed by atoms with Gasteiger partial charge in [-0.05, 0) is 30.5 Å². The summed E-state index contributed by atoms with van der Waals surface area (Å²) >= 11 is 3.41. The number of carbonyl (C=O) groups is 1. The SMILES string of the molecule is O=C(O)C1CCC(c2cccc(Br)c2)N1. The Labute approximate surface area is 96.6 Å². The Bertz CT molecular complexity index is 381. The normalized spacial score (nSPS) is 25.4. The molecule has 2 atom stereocenters. The van der Waals surface area contributed by atoms with Crippen LogP contribution in [-0.4, -0.2) is 17.1 Å². The second-order valence-electron chi connectivity index (χ2n) is 3.74. The predicted octanol–water partition coefficient (Wildman–Crippen LogP) is 2.33. The maximum Gasteiger partial charge on any atom is 0.320 e. The summed E-state index contributed by atoms with van der Waals surface area (Å²) in [5.74, 6) is -0.757. The molecular formula is C11H12BrNO2. The first-order valence-corrected chi connectivity index (χ1v) is 5.70. The van der Waals surface area contributed by atoms with E-state index in [1.807, 2.05) is 24.3 Å². The minimum absolute atomic E-state index is 0.170. The monoisotopic (exact) mass is 269 g/mol. The quantitative estimate of drug-likeness (QED) is 0.867. The predicted molar refractivity (Wildman–Crippen MR) is 60.7 cm³/mol. The first kappa shape index (κ1) is 10.6. The standard InChI is InChI=1S/C11H12BrNO2/c12-8-3-1-2-7(6-8)9-4-5-10(13-9)11(14)15/h1-3,6,9-10,13H,4-5H2,(H,14,15). The number of carboxylic acid groups (broad SMARTS) is 1. The summed E-state index contributed by atoms with van der Waals surface area (Å²) in [7, 11) is 0. The van der Waals surface area contributed by atoms with Gasteiger partial charge in [0.15, 0.2) is 0 Å². The molecule has 15 heavy (non-hydrogen) atoms. The summed E-state index contributed by atoms with van der Waals surface area (Å²) in [5.41, 5.74) is 1.15. The van der Waals surface area contributed by atoms with Gasteiger partial charge < -0.3 is 5.11 Å². The molecule has 1 aromatic carbocycles. The van der Waals surface area contributed by atoms with Crippen LogP contribution in [-0.2, 0) is 4.79 Å². The van der Waals surface area contributed by atoms with Gasteiger partial charge in [0.1, 0.15) is 6.04 Å². The number of hydrogen-bond donors (Lipinski definition) is 2. The number of benzene rings is 1. The van der Waals surface area contributed by atoms with Gasteiger partial charge in [-0.15, -0.1) is 0 Å². The Hall–Kier alpha value is -0.870. The van der Waals surface area contributed by atoms with Crippen molar-refractivity contribution in [2.45, 2.75) is 24.9 Å². The lowest BCUT2D eigenvalue weighted by molar-refractivity contribution is -0.139. The van der Waals surface area contributed by atoms with Gasteiger partial charge in [-0.25, -0.2) is 0 Å². The third-order valence-corrected chi connectivity index (χ3v) is 3.19. The highest BCUT2D eigenvalue weighted by Crippen LogP contribution is 2.28. The molecule has 0 bridgehead atoms. The van der Waals surface area contributed by atoms with Crippen LogP contribution in [0.3, 0.4) is 0 Å². The molecule has 0 radical (unpaired) electrons. The van der Waals surface area contributed by atoms with E-state index in [2.05, 4.69) is 21.2 Å². The minimum Gasteiger partial charge on any atom is -0.480 e. The molecule has 3 nitrogen and oxygen atoms in total. The zero-order valence-corrected chi connectivity index (χ0v) is 9.70. The highest BCUT2D eigenvalue weighted by molar-refractivity contribution is 9.10. The van der Waals surface area contributed by atoms with Crippen LogP contribution in [0.5, 0.6) is 0 Å². The molecule has 1 aromatic rings. The molecule has 4 heteroatoms. The summed E-state index contributed by atoms with van der Waals surface area (Å²) in [6.07, 6.45) is 1.58. The molecule has 2 N–H and O–H groups in total. The highest BCUT2D eigenvalue weighted by atomic mass is 79.9. The zero-order valence-electron chi connectivity index (χ0n) is 8.11. The molecule has 0 spiro atoms. The number of aliphatic carboxylic acids is 1. The number of carboxylic acids is 1. The van der Waals surface area contributed by atoms with Crippen molar-refractivity contribution in [3.05, 3.63) is 34.3 Å². The fourth-order valence-electron chi connectivity index (χ4n) is 1.92. The molecule has 1 heterocycles. The molecule has 0 amide bonds. The van der Waals surface area contributed by atoms with Crippen molar-refractivity contribution in [3.63, 3.8) is 0 Å². The Morgan fingerprint density at radius 2 is 2.27 bits per heavy atom. The maximum atomic E-state index is 10.8. The Balaban J connectivity index is 2.11. The Morgan fingerprint density at radius 1 is 1.47 bits per heavy atom. The summed E-state index contributed by atoms with van der Waals surface area (Å²) < 4.78 is 1.03. The maximum absolute atomic E-state index is 10.8. The van der Waals surface area contributed by atoms with E-state index in [1.54, 1.807) is 0 Å². The van der Waals surface area contributed by atoms with Crippen molar-refractivity contribution in [3.8, 4) is 0 Å². The number of halogens is 1. The topological polar surface area (TPSA) is 49.3 Å². The van der Waals surface area contributed by atoms with E-state index in [0.29, 0.717) is 6.42 Å². The van der Waals surface area contributed by atoms with Crippen molar-refractivity contribution in [1.82, 2.24) is 5.32 Å². The van der Waals surface area contributed by atoms with Crippen LogP contribution in [0.1, 0.15) is 24.4 Å². The fraction of sp³-hybridized carbons (Fsp3) is 0.364. The van der Waals surface area contributed by atoms with Crippen molar-refractivity contribution >= 4 is 21.9 Å². The van der Waals surface area contributed by atoms with Gasteiger partial charge in [0.05, 0.1) is 0 Å². The van der Waals surface area contributed by atoms with E-state index in [1.165, 1.54) is 0 Å². The van der Waals surface area contributed by atoms with Crippen molar-refractivity contribution in [1.29, 1.82) is 0 Å². The van der Waals surface area contributed by atoms with Crippen LogP contribution in [0.15, 0.2) is 28.7 Å². The van der Waals surface area contributed by atoms with Crippen molar-refractivity contribution in [2.75, 3.05) is 0 Å². The molecule has 1 fully saturated rings. The minimum atomic E-state index is -0.757. The van der Waals surface area contributed by atoms with Gasteiger partial charge in [-0.1, -0.05) is 28.1 Å². The van der Waals surface area contributed by atoms with Gasteiger partial charge >= 0.3 is 5.97 Å².